The highest BCUT2D eigenvalue weighted by Gasteiger charge is 2.45. The van der Waals surface area contributed by atoms with Crippen molar-refractivity contribution in [2.24, 2.45) is 10.3 Å². The zero-order valence-corrected chi connectivity index (χ0v) is 12.8. The fourth-order valence-electron chi connectivity index (χ4n) is 2.09. The number of hydrogen-bond donors (Lipinski definition) is 0. The molecule has 0 amide bonds. The first-order chi connectivity index (χ1) is 10.2. The molecule has 5 nitrogen and oxygen atoms in total. The molecule has 112 valence electrons. The first kappa shape index (κ1) is 15.6. The van der Waals surface area contributed by atoms with Crippen molar-refractivity contribution in [1.29, 1.82) is 0 Å². The highest BCUT2D eigenvalue weighted by atomic mass is 32.2. The molecule has 0 N–H and O–H groups in total. The molecule has 2 rings (SSSR count). The van der Waals surface area contributed by atoms with Crippen LogP contribution in [0.25, 0.3) is 0 Å². The SMILES string of the molecule is CCOC(=O)[C@@H]1C(c2ccccc2)=NS[C@H]1C(=O)OCC. The van der Waals surface area contributed by atoms with E-state index in [-0.39, 0.29) is 13.2 Å². The molecular formula is C15H17NO4S. The summed E-state index contributed by atoms with van der Waals surface area (Å²) >= 11 is 1.07. The summed E-state index contributed by atoms with van der Waals surface area (Å²) in [4.78, 5) is 24.2. The standard InChI is InChI=1S/C15H17NO4S/c1-3-19-14(17)11-12(10-8-6-5-7-9-10)16-21-13(11)15(18)20-4-2/h5-9,11,13H,3-4H2,1-2H3/t11-,13-/m1/s1. The lowest BCUT2D eigenvalue weighted by Crippen LogP contribution is -2.37. The van der Waals surface area contributed by atoms with E-state index in [0.29, 0.717) is 5.71 Å². The molecule has 0 unspecified atom stereocenters. The number of benzene rings is 1. The third-order valence-electron chi connectivity index (χ3n) is 2.99. The molecule has 1 aromatic rings. The van der Waals surface area contributed by atoms with Gasteiger partial charge in [0.15, 0.2) is 0 Å². The highest BCUT2D eigenvalue weighted by molar-refractivity contribution is 8.00. The van der Waals surface area contributed by atoms with Gasteiger partial charge in [-0.2, -0.15) is 0 Å². The number of ether oxygens (including phenoxy) is 2. The Morgan fingerprint density at radius 3 is 2.33 bits per heavy atom. The zero-order valence-electron chi connectivity index (χ0n) is 11.9. The highest BCUT2D eigenvalue weighted by Crippen LogP contribution is 2.35. The molecule has 1 heterocycles. The molecule has 1 aliphatic heterocycles. The zero-order chi connectivity index (χ0) is 15.2. The van der Waals surface area contributed by atoms with Crippen LogP contribution in [0.4, 0.5) is 0 Å². The first-order valence-electron chi connectivity index (χ1n) is 6.81. The average Bonchev–Trinajstić information content (AvgIpc) is 2.93. The van der Waals surface area contributed by atoms with E-state index in [4.69, 9.17) is 9.47 Å². The van der Waals surface area contributed by atoms with E-state index in [1.807, 2.05) is 30.3 Å². The Labute approximate surface area is 127 Å². The van der Waals surface area contributed by atoms with E-state index in [2.05, 4.69) is 4.40 Å². The summed E-state index contributed by atoms with van der Waals surface area (Å²) < 4.78 is 14.4. The summed E-state index contributed by atoms with van der Waals surface area (Å²) in [7, 11) is 0. The maximum absolute atomic E-state index is 12.2. The van der Waals surface area contributed by atoms with Crippen LogP contribution in [-0.4, -0.2) is 36.1 Å². The molecule has 6 heteroatoms. The predicted molar refractivity (Wildman–Crippen MR) is 81.1 cm³/mol. The van der Waals surface area contributed by atoms with Crippen molar-refractivity contribution < 1.29 is 19.1 Å². The fourth-order valence-corrected chi connectivity index (χ4v) is 3.05. The van der Waals surface area contributed by atoms with Gasteiger partial charge in [-0.25, -0.2) is 4.40 Å². The number of esters is 2. The Bertz CT molecular complexity index is 544. The van der Waals surface area contributed by atoms with Crippen LogP contribution in [0.15, 0.2) is 34.7 Å². The normalized spacial score (nSPS) is 20.8. The maximum atomic E-state index is 12.2. The van der Waals surface area contributed by atoms with Crippen molar-refractivity contribution in [2.75, 3.05) is 13.2 Å². The number of nitrogens with zero attached hydrogens (tertiary/aromatic N) is 1. The molecule has 1 aromatic carbocycles. The van der Waals surface area contributed by atoms with Crippen LogP contribution in [0.5, 0.6) is 0 Å². The monoisotopic (exact) mass is 307 g/mol. The number of rotatable bonds is 5. The van der Waals surface area contributed by atoms with E-state index in [9.17, 15) is 9.59 Å². The van der Waals surface area contributed by atoms with Gasteiger partial charge in [0, 0.05) is 0 Å². The molecule has 0 saturated heterocycles. The van der Waals surface area contributed by atoms with Crippen molar-refractivity contribution >= 4 is 29.6 Å². The van der Waals surface area contributed by atoms with Crippen LogP contribution >= 0.6 is 11.9 Å². The van der Waals surface area contributed by atoms with E-state index < -0.39 is 23.1 Å². The second-order valence-corrected chi connectivity index (χ2v) is 5.25. The topological polar surface area (TPSA) is 65.0 Å². The first-order valence-corrected chi connectivity index (χ1v) is 7.65. The minimum absolute atomic E-state index is 0.262. The lowest BCUT2D eigenvalue weighted by Gasteiger charge is -2.17. The summed E-state index contributed by atoms with van der Waals surface area (Å²) in [5, 5.41) is -0.681. The molecule has 2 atom stereocenters. The van der Waals surface area contributed by atoms with Gasteiger partial charge in [-0.15, -0.1) is 0 Å². The van der Waals surface area contributed by atoms with Gasteiger partial charge >= 0.3 is 11.9 Å². The van der Waals surface area contributed by atoms with Crippen LogP contribution in [0.2, 0.25) is 0 Å². The van der Waals surface area contributed by atoms with Gasteiger partial charge in [-0.3, -0.25) is 9.59 Å². The van der Waals surface area contributed by atoms with Crippen molar-refractivity contribution in [1.82, 2.24) is 0 Å². The molecule has 21 heavy (non-hydrogen) atoms. The minimum atomic E-state index is -0.726. The maximum Gasteiger partial charge on any atom is 0.322 e. The van der Waals surface area contributed by atoms with Crippen molar-refractivity contribution in [3.63, 3.8) is 0 Å². The Kier molecular flexibility index (Phi) is 5.38. The van der Waals surface area contributed by atoms with Gasteiger partial charge in [-0.1, -0.05) is 30.3 Å². The lowest BCUT2D eigenvalue weighted by atomic mass is 9.93. The molecule has 0 fully saturated rings. The van der Waals surface area contributed by atoms with Gasteiger partial charge < -0.3 is 9.47 Å². The fraction of sp³-hybridized carbons (Fsp3) is 0.400. The van der Waals surface area contributed by atoms with E-state index >= 15 is 0 Å². The second-order valence-electron chi connectivity index (χ2n) is 4.35. The van der Waals surface area contributed by atoms with Crippen molar-refractivity contribution in [2.45, 2.75) is 19.1 Å². The number of hydrogen-bond acceptors (Lipinski definition) is 6. The molecule has 1 aliphatic rings. The molecule has 0 spiro atoms. The molecule has 0 radical (unpaired) electrons. The van der Waals surface area contributed by atoms with Gasteiger partial charge in [0.1, 0.15) is 11.2 Å². The van der Waals surface area contributed by atoms with Crippen LogP contribution in [0, 0.1) is 5.92 Å². The lowest BCUT2D eigenvalue weighted by molar-refractivity contribution is -0.151. The summed E-state index contributed by atoms with van der Waals surface area (Å²) in [5.74, 6) is -1.60. The summed E-state index contributed by atoms with van der Waals surface area (Å²) in [5.41, 5.74) is 1.38. The van der Waals surface area contributed by atoms with E-state index in [1.54, 1.807) is 13.8 Å². The molecular weight excluding hydrogens is 290 g/mol. The van der Waals surface area contributed by atoms with Crippen LogP contribution in [0.1, 0.15) is 19.4 Å². The second kappa shape index (κ2) is 7.26. The molecule has 0 aromatic heterocycles. The Morgan fingerprint density at radius 1 is 1.10 bits per heavy atom. The van der Waals surface area contributed by atoms with Crippen molar-refractivity contribution in [3.05, 3.63) is 35.9 Å². The minimum Gasteiger partial charge on any atom is -0.465 e. The molecule has 0 bridgehead atoms. The Balaban J connectivity index is 2.28. The predicted octanol–water partition coefficient (Wildman–Crippen LogP) is 2.25. The van der Waals surface area contributed by atoms with E-state index in [0.717, 1.165) is 17.5 Å². The van der Waals surface area contributed by atoms with Gasteiger partial charge in [0.25, 0.3) is 0 Å². The number of carbonyl (C=O) groups is 2. The van der Waals surface area contributed by atoms with Crippen LogP contribution in [0.3, 0.4) is 0 Å². The Morgan fingerprint density at radius 2 is 1.71 bits per heavy atom. The van der Waals surface area contributed by atoms with Gasteiger partial charge in [0.05, 0.1) is 18.9 Å². The summed E-state index contributed by atoms with van der Waals surface area (Å²) in [6.07, 6.45) is 0. The Hall–Kier alpha value is -1.82. The third-order valence-corrected chi connectivity index (χ3v) is 3.98. The molecule has 0 aliphatic carbocycles. The smallest absolute Gasteiger partial charge is 0.322 e. The largest absolute Gasteiger partial charge is 0.465 e. The van der Waals surface area contributed by atoms with Gasteiger partial charge in [-0.05, 0) is 31.4 Å². The summed E-state index contributed by atoms with van der Waals surface area (Å²) in [6.45, 7) is 4.00. The van der Waals surface area contributed by atoms with Gasteiger partial charge in [0.2, 0.25) is 0 Å². The average molecular weight is 307 g/mol. The van der Waals surface area contributed by atoms with Crippen molar-refractivity contribution in [3.8, 4) is 0 Å². The van der Waals surface area contributed by atoms with E-state index in [1.165, 1.54) is 0 Å². The summed E-state index contributed by atoms with van der Waals surface area (Å²) in [6, 6.07) is 9.33. The quantitative estimate of drug-likeness (QED) is 0.616. The van der Waals surface area contributed by atoms with Crippen LogP contribution in [-0.2, 0) is 19.1 Å². The third kappa shape index (κ3) is 3.44. The van der Waals surface area contributed by atoms with Crippen LogP contribution < -0.4 is 0 Å². The molecule has 0 saturated carbocycles. The number of carbonyl (C=O) groups excluding carboxylic acids is 2.